The number of nitrogens with one attached hydrogen (secondary N) is 1. The van der Waals surface area contributed by atoms with Crippen LogP contribution in [0.3, 0.4) is 0 Å². The Bertz CT molecular complexity index is 848. The van der Waals surface area contributed by atoms with Crippen LogP contribution in [-0.2, 0) is 0 Å². The molecule has 1 aliphatic heterocycles. The molecule has 3 rings (SSSR count). The van der Waals surface area contributed by atoms with Gasteiger partial charge in [0.25, 0.3) is 0 Å². The number of halogens is 1. The van der Waals surface area contributed by atoms with Gasteiger partial charge >= 0.3 is 6.03 Å². The Balaban J connectivity index is 1.54. The van der Waals surface area contributed by atoms with E-state index in [1.165, 1.54) is 11.6 Å². The Labute approximate surface area is 184 Å². The summed E-state index contributed by atoms with van der Waals surface area (Å²) >= 11 is 0. The van der Waals surface area contributed by atoms with Crippen LogP contribution in [0.5, 0.6) is 5.75 Å². The van der Waals surface area contributed by atoms with Gasteiger partial charge in [-0.05, 0) is 36.1 Å². The zero-order valence-electron chi connectivity index (χ0n) is 18.8. The number of pyridine rings is 1. The van der Waals surface area contributed by atoms with Gasteiger partial charge in [0.05, 0.1) is 6.04 Å². The normalized spacial score (nSPS) is 17.1. The van der Waals surface area contributed by atoms with E-state index in [9.17, 15) is 9.18 Å². The molecule has 2 heterocycles. The number of piperazine rings is 1. The number of benzene rings is 1. The molecule has 31 heavy (non-hydrogen) atoms. The maximum atomic E-state index is 13.9. The van der Waals surface area contributed by atoms with Gasteiger partial charge in [-0.3, -0.25) is 9.88 Å². The van der Waals surface area contributed by atoms with E-state index in [1.807, 2.05) is 37.9 Å². The number of carbonyl (C=O) groups excluding carboxylic acids is 1. The van der Waals surface area contributed by atoms with Gasteiger partial charge in [0.15, 0.2) is 11.6 Å². The molecule has 2 amide bonds. The molecule has 1 aromatic heterocycles. The van der Waals surface area contributed by atoms with Crippen molar-refractivity contribution in [3.8, 4) is 5.75 Å². The van der Waals surface area contributed by atoms with Crippen LogP contribution in [0.1, 0.15) is 39.3 Å². The molecule has 0 saturated carbocycles. The number of hydrogen-bond acceptors (Lipinski definition) is 4. The zero-order chi connectivity index (χ0) is 22.4. The predicted octanol–water partition coefficient (Wildman–Crippen LogP) is 4.10. The number of amides is 2. The summed E-state index contributed by atoms with van der Waals surface area (Å²) in [7, 11) is 0. The molecule has 1 N–H and O–H groups in total. The average molecular weight is 429 g/mol. The van der Waals surface area contributed by atoms with Gasteiger partial charge in [-0.1, -0.05) is 39.0 Å². The van der Waals surface area contributed by atoms with E-state index in [2.05, 4.69) is 28.2 Å². The number of urea groups is 1. The average Bonchev–Trinajstić information content (AvgIpc) is 2.77. The fourth-order valence-electron chi connectivity index (χ4n) is 3.63. The Hall–Kier alpha value is -2.67. The van der Waals surface area contributed by atoms with E-state index in [0.29, 0.717) is 13.1 Å². The minimum Gasteiger partial charge on any atom is -0.488 e. The number of aromatic nitrogens is 1. The second-order valence-corrected chi connectivity index (χ2v) is 9.09. The first-order chi connectivity index (χ1) is 14.8. The smallest absolute Gasteiger partial charge is 0.317 e. The van der Waals surface area contributed by atoms with Crippen molar-refractivity contribution in [1.82, 2.24) is 20.1 Å². The topological polar surface area (TPSA) is 57.7 Å². The first-order valence-electron chi connectivity index (χ1n) is 10.8. The lowest BCUT2D eigenvalue weighted by Gasteiger charge is -2.39. The van der Waals surface area contributed by atoms with Crippen molar-refractivity contribution in [3.05, 3.63) is 60.2 Å². The molecule has 2 unspecified atom stereocenters. The quantitative estimate of drug-likeness (QED) is 0.753. The van der Waals surface area contributed by atoms with Gasteiger partial charge in [0.1, 0.15) is 6.61 Å². The van der Waals surface area contributed by atoms with Crippen LogP contribution in [0.25, 0.3) is 0 Å². The zero-order valence-corrected chi connectivity index (χ0v) is 18.8. The molecule has 1 fully saturated rings. The first-order valence-corrected chi connectivity index (χ1v) is 10.8. The number of ether oxygens (including phenoxy) is 1. The van der Waals surface area contributed by atoms with Crippen molar-refractivity contribution in [2.75, 3.05) is 32.8 Å². The van der Waals surface area contributed by atoms with Crippen LogP contribution >= 0.6 is 0 Å². The van der Waals surface area contributed by atoms with Gasteiger partial charge in [0, 0.05) is 44.6 Å². The lowest BCUT2D eigenvalue weighted by molar-refractivity contribution is 0.104. The number of para-hydroxylation sites is 1. The molecule has 0 radical (unpaired) electrons. The van der Waals surface area contributed by atoms with Crippen molar-refractivity contribution >= 4 is 6.03 Å². The Kier molecular flexibility index (Phi) is 7.49. The number of hydrogen-bond donors (Lipinski definition) is 1. The predicted molar refractivity (Wildman–Crippen MR) is 119 cm³/mol. The van der Waals surface area contributed by atoms with Gasteiger partial charge in [-0.25, -0.2) is 9.18 Å². The largest absolute Gasteiger partial charge is 0.488 e. The number of carbonyl (C=O) groups is 1. The second-order valence-electron chi connectivity index (χ2n) is 9.09. The lowest BCUT2D eigenvalue weighted by atomic mass is 9.87. The van der Waals surface area contributed by atoms with Crippen LogP contribution in [0.2, 0.25) is 0 Å². The molecule has 1 aliphatic rings. The van der Waals surface area contributed by atoms with Crippen LogP contribution < -0.4 is 10.1 Å². The monoisotopic (exact) mass is 428 g/mol. The van der Waals surface area contributed by atoms with Gasteiger partial charge in [-0.15, -0.1) is 0 Å². The summed E-state index contributed by atoms with van der Waals surface area (Å²) < 4.78 is 19.6. The van der Waals surface area contributed by atoms with Gasteiger partial charge in [-0.2, -0.15) is 0 Å². The van der Waals surface area contributed by atoms with Crippen molar-refractivity contribution in [3.63, 3.8) is 0 Å². The van der Waals surface area contributed by atoms with Crippen molar-refractivity contribution < 1.29 is 13.9 Å². The number of rotatable bonds is 6. The highest BCUT2D eigenvalue weighted by atomic mass is 19.1. The van der Waals surface area contributed by atoms with Crippen molar-refractivity contribution in [2.24, 2.45) is 5.41 Å². The van der Waals surface area contributed by atoms with Crippen molar-refractivity contribution in [1.29, 1.82) is 0 Å². The summed E-state index contributed by atoms with van der Waals surface area (Å²) in [6, 6.07) is 10.2. The third-order valence-electron chi connectivity index (χ3n) is 5.90. The van der Waals surface area contributed by atoms with Crippen LogP contribution in [0, 0.1) is 11.2 Å². The van der Waals surface area contributed by atoms with E-state index in [0.717, 1.165) is 13.1 Å². The molecule has 0 bridgehead atoms. The highest BCUT2D eigenvalue weighted by molar-refractivity contribution is 5.74. The molecule has 168 valence electrons. The highest BCUT2D eigenvalue weighted by Gasteiger charge is 2.31. The fraction of sp³-hybridized carbons (Fsp3) is 0.500. The molecule has 0 aliphatic carbocycles. The summed E-state index contributed by atoms with van der Waals surface area (Å²) in [5, 5.41) is 3.10. The molecular weight excluding hydrogens is 395 g/mol. The summed E-state index contributed by atoms with van der Waals surface area (Å²) in [6.07, 6.45) is 3.67. The summed E-state index contributed by atoms with van der Waals surface area (Å²) in [5.41, 5.74) is 0.941. The Morgan fingerprint density at radius 3 is 2.48 bits per heavy atom. The highest BCUT2D eigenvalue weighted by Crippen LogP contribution is 2.24. The van der Waals surface area contributed by atoms with Crippen LogP contribution in [-0.4, -0.2) is 59.6 Å². The molecular formula is C24H33FN4O2. The molecule has 2 atom stereocenters. The maximum Gasteiger partial charge on any atom is 0.317 e. The van der Waals surface area contributed by atoms with Gasteiger partial charge < -0.3 is 15.0 Å². The molecule has 1 saturated heterocycles. The molecule has 7 heteroatoms. The fourth-order valence-corrected chi connectivity index (χ4v) is 3.63. The van der Waals surface area contributed by atoms with E-state index in [1.54, 1.807) is 24.4 Å². The van der Waals surface area contributed by atoms with E-state index in [4.69, 9.17) is 4.74 Å². The van der Waals surface area contributed by atoms with Gasteiger partial charge in [0.2, 0.25) is 0 Å². The third kappa shape index (κ3) is 6.17. The van der Waals surface area contributed by atoms with E-state index in [-0.39, 0.29) is 35.9 Å². The first kappa shape index (κ1) is 23.0. The maximum absolute atomic E-state index is 13.9. The van der Waals surface area contributed by atoms with Crippen molar-refractivity contribution in [2.45, 2.75) is 39.8 Å². The second kappa shape index (κ2) is 10.1. The number of nitrogens with zero attached hydrogens (tertiary/aromatic N) is 3. The Morgan fingerprint density at radius 2 is 1.87 bits per heavy atom. The van der Waals surface area contributed by atoms with E-state index >= 15 is 0 Å². The SMILES string of the molecule is CC(c1cccnc1)N1CCN(C(=O)NC(COc2ccccc2F)C(C)(C)C)CC1. The van der Waals surface area contributed by atoms with Crippen LogP contribution in [0.15, 0.2) is 48.8 Å². The molecule has 6 nitrogen and oxygen atoms in total. The third-order valence-corrected chi connectivity index (χ3v) is 5.90. The summed E-state index contributed by atoms with van der Waals surface area (Å²) in [6.45, 7) is 11.4. The molecule has 1 aromatic carbocycles. The Morgan fingerprint density at radius 1 is 1.16 bits per heavy atom. The van der Waals surface area contributed by atoms with E-state index < -0.39 is 5.82 Å². The minimum absolute atomic E-state index is 0.106. The lowest BCUT2D eigenvalue weighted by Crippen LogP contribution is -2.56. The minimum atomic E-state index is -0.402. The molecule has 2 aromatic rings. The summed E-state index contributed by atoms with van der Waals surface area (Å²) in [4.78, 5) is 21.4. The summed E-state index contributed by atoms with van der Waals surface area (Å²) in [5.74, 6) is -0.204. The molecule has 0 spiro atoms. The van der Waals surface area contributed by atoms with Crippen LogP contribution in [0.4, 0.5) is 9.18 Å². The standard InChI is InChI=1S/C24H33FN4O2/c1-18(19-8-7-11-26-16-19)28-12-14-29(15-13-28)23(30)27-22(24(2,3)4)17-31-21-10-6-5-9-20(21)25/h5-11,16,18,22H,12-15,17H2,1-4H3,(H,27,30).